The van der Waals surface area contributed by atoms with Gasteiger partial charge >= 0.3 is 0 Å². The highest BCUT2D eigenvalue weighted by Gasteiger charge is 2.48. The van der Waals surface area contributed by atoms with Crippen molar-refractivity contribution >= 4 is 34.7 Å². The standard InChI is InChI=1S/C22H20N6O2/c23-19-18(20(24)28(27-19)13-4-2-1-3-5-13)14-6-9-22(10-7-17(29)26-21(22)30)16-8-11-25-12-15(14)16/h1-5,8,11-12,24H,6-7,9-10H2,(H2,23,27)(H,26,29,30)/b18-14+,24-20?. The van der Waals surface area contributed by atoms with Crippen molar-refractivity contribution in [3.8, 4) is 0 Å². The molecule has 3 aliphatic rings. The quantitative estimate of drug-likeness (QED) is 0.632. The van der Waals surface area contributed by atoms with Gasteiger partial charge in [0.2, 0.25) is 11.8 Å². The average Bonchev–Trinajstić information content (AvgIpc) is 3.06. The molecular formula is C22H20N6O2. The molecule has 1 fully saturated rings. The van der Waals surface area contributed by atoms with Gasteiger partial charge < -0.3 is 5.73 Å². The predicted octanol–water partition coefficient (Wildman–Crippen LogP) is 2.07. The first kappa shape index (κ1) is 18.2. The fraction of sp³-hybridized carbons (Fsp3) is 0.227. The molecular weight excluding hydrogens is 380 g/mol. The number of allylic oxidation sites excluding steroid dienone is 1. The summed E-state index contributed by atoms with van der Waals surface area (Å²) in [6.45, 7) is 0. The van der Waals surface area contributed by atoms with Gasteiger partial charge in [-0.1, -0.05) is 18.2 Å². The number of anilines is 1. The summed E-state index contributed by atoms with van der Waals surface area (Å²) in [5.41, 5.74) is 9.30. The second kappa shape index (κ2) is 6.62. The van der Waals surface area contributed by atoms with Crippen molar-refractivity contribution in [2.45, 2.75) is 31.1 Å². The number of amides is 2. The molecule has 1 saturated heterocycles. The second-order valence-corrected chi connectivity index (χ2v) is 7.72. The first-order valence-electron chi connectivity index (χ1n) is 9.82. The van der Waals surface area contributed by atoms with E-state index in [1.165, 1.54) is 5.01 Å². The number of piperidine rings is 1. The molecule has 8 nitrogen and oxygen atoms in total. The van der Waals surface area contributed by atoms with Crippen molar-refractivity contribution in [1.82, 2.24) is 10.3 Å². The Morgan fingerprint density at radius 3 is 2.63 bits per heavy atom. The molecule has 0 radical (unpaired) electrons. The van der Waals surface area contributed by atoms with Crippen molar-refractivity contribution < 1.29 is 9.59 Å². The van der Waals surface area contributed by atoms with Crippen LogP contribution in [0, 0.1) is 5.41 Å². The number of fused-ring (bicyclic) bond motifs is 2. The van der Waals surface area contributed by atoms with E-state index in [0.29, 0.717) is 31.3 Å². The normalized spacial score (nSPS) is 25.9. The Balaban J connectivity index is 1.62. The van der Waals surface area contributed by atoms with Crippen molar-refractivity contribution in [2.24, 2.45) is 10.8 Å². The van der Waals surface area contributed by atoms with E-state index in [0.717, 1.165) is 22.4 Å². The molecule has 0 saturated carbocycles. The minimum absolute atomic E-state index is 0.197. The average molecular weight is 400 g/mol. The molecule has 1 aromatic heterocycles. The number of para-hydroxylation sites is 1. The van der Waals surface area contributed by atoms with Gasteiger partial charge in [0.1, 0.15) is 0 Å². The van der Waals surface area contributed by atoms with E-state index in [2.05, 4.69) is 15.4 Å². The molecule has 1 aliphatic carbocycles. The summed E-state index contributed by atoms with van der Waals surface area (Å²) in [6.07, 6.45) is 5.22. The van der Waals surface area contributed by atoms with Crippen LogP contribution in [0.3, 0.4) is 0 Å². The lowest BCUT2D eigenvalue weighted by Gasteiger charge is -2.41. The minimum atomic E-state index is -0.762. The van der Waals surface area contributed by atoms with Crippen molar-refractivity contribution in [3.63, 3.8) is 0 Å². The van der Waals surface area contributed by atoms with Crippen LogP contribution in [0.4, 0.5) is 5.69 Å². The molecule has 30 heavy (non-hydrogen) atoms. The number of amidine groups is 2. The van der Waals surface area contributed by atoms with Crippen LogP contribution in [0.25, 0.3) is 5.57 Å². The molecule has 1 atom stereocenters. The van der Waals surface area contributed by atoms with Crippen LogP contribution >= 0.6 is 0 Å². The van der Waals surface area contributed by atoms with Crippen LogP contribution < -0.4 is 16.1 Å². The van der Waals surface area contributed by atoms with E-state index >= 15 is 0 Å². The van der Waals surface area contributed by atoms with E-state index in [-0.39, 0.29) is 23.5 Å². The number of pyridine rings is 1. The summed E-state index contributed by atoms with van der Waals surface area (Å²) < 4.78 is 0. The SMILES string of the molecule is N=C1/C(=C2\CCC3(CCC(=O)NC3=O)c3ccncc32)C(N)=NN1c1ccccc1. The van der Waals surface area contributed by atoms with Gasteiger partial charge in [0, 0.05) is 24.4 Å². The lowest BCUT2D eigenvalue weighted by Crippen LogP contribution is -2.52. The third-order valence-electron chi connectivity index (χ3n) is 6.14. The summed E-state index contributed by atoms with van der Waals surface area (Å²) in [4.78, 5) is 28.9. The smallest absolute Gasteiger partial charge is 0.237 e. The zero-order chi connectivity index (χ0) is 20.9. The third kappa shape index (κ3) is 2.57. The lowest BCUT2D eigenvalue weighted by atomic mass is 9.64. The molecule has 1 aromatic carbocycles. The van der Waals surface area contributed by atoms with Gasteiger partial charge in [0.05, 0.1) is 16.7 Å². The number of hydrogen-bond acceptors (Lipinski definition) is 6. The van der Waals surface area contributed by atoms with Crippen LogP contribution in [-0.4, -0.2) is 28.5 Å². The molecule has 2 aliphatic heterocycles. The number of rotatable bonds is 1. The van der Waals surface area contributed by atoms with Gasteiger partial charge in [-0.3, -0.25) is 25.3 Å². The second-order valence-electron chi connectivity index (χ2n) is 7.72. The number of aromatic nitrogens is 1. The van der Waals surface area contributed by atoms with E-state index in [1.807, 2.05) is 36.4 Å². The zero-order valence-electron chi connectivity index (χ0n) is 16.2. The van der Waals surface area contributed by atoms with Crippen molar-refractivity contribution in [3.05, 3.63) is 65.5 Å². The Bertz CT molecular complexity index is 1150. The Hall–Kier alpha value is -3.81. The number of benzene rings is 1. The molecule has 0 bridgehead atoms. The third-order valence-corrected chi connectivity index (χ3v) is 6.14. The summed E-state index contributed by atoms with van der Waals surface area (Å²) >= 11 is 0. The Morgan fingerprint density at radius 1 is 1.10 bits per heavy atom. The van der Waals surface area contributed by atoms with Crippen molar-refractivity contribution in [2.75, 3.05) is 5.01 Å². The number of hydrazone groups is 1. The fourth-order valence-corrected chi connectivity index (χ4v) is 4.65. The number of carbonyl (C=O) groups is 2. The lowest BCUT2D eigenvalue weighted by molar-refractivity contribution is -0.138. The molecule has 2 aromatic rings. The van der Waals surface area contributed by atoms with E-state index in [9.17, 15) is 9.59 Å². The molecule has 2 amide bonds. The summed E-state index contributed by atoms with van der Waals surface area (Å²) in [6, 6.07) is 11.2. The number of nitrogens with two attached hydrogens (primary N) is 1. The van der Waals surface area contributed by atoms with E-state index in [1.54, 1.807) is 12.4 Å². The summed E-state index contributed by atoms with van der Waals surface area (Å²) in [5.74, 6) is -0.0299. The molecule has 5 rings (SSSR count). The maximum absolute atomic E-state index is 12.9. The highest BCUT2D eigenvalue weighted by atomic mass is 16.2. The molecule has 3 heterocycles. The molecule has 150 valence electrons. The van der Waals surface area contributed by atoms with Gasteiger partial charge in [-0.05, 0) is 48.6 Å². The van der Waals surface area contributed by atoms with Crippen LogP contribution in [0.15, 0.2) is 59.5 Å². The van der Waals surface area contributed by atoms with Gasteiger partial charge in [0.15, 0.2) is 11.7 Å². The Kier molecular flexibility index (Phi) is 4.02. The van der Waals surface area contributed by atoms with Crippen molar-refractivity contribution in [1.29, 1.82) is 5.41 Å². The largest absolute Gasteiger partial charge is 0.382 e. The number of nitrogens with zero attached hydrogens (tertiary/aromatic N) is 3. The van der Waals surface area contributed by atoms with Gasteiger partial charge in [-0.15, -0.1) is 5.10 Å². The topological polar surface area (TPSA) is 125 Å². The number of imide groups is 1. The summed E-state index contributed by atoms with van der Waals surface area (Å²) in [7, 11) is 0. The summed E-state index contributed by atoms with van der Waals surface area (Å²) in [5, 5.41) is 17.2. The molecule has 4 N–H and O–H groups in total. The molecule has 8 heteroatoms. The van der Waals surface area contributed by atoms with Gasteiger partial charge in [-0.25, -0.2) is 5.01 Å². The molecule has 1 unspecified atom stereocenters. The number of hydrogen-bond donors (Lipinski definition) is 3. The highest BCUT2D eigenvalue weighted by molar-refractivity contribution is 6.34. The monoisotopic (exact) mass is 400 g/mol. The maximum atomic E-state index is 12.9. The van der Waals surface area contributed by atoms with Crippen LogP contribution in [0.2, 0.25) is 0 Å². The fourth-order valence-electron chi connectivity index (χ4n) is 4.65. The van der Waals surface area contributed by atoms with Crippen LogP contribution in [0.5, 0.6) is 0 Å². The predicted molar refractivity (Wildman–Crippen MR) is 113 cm³/mol. The Morgan fingerprint density at radius 2 is 1.87 bits per heavy atom. The molecule has 1 spiro atoms. The first-order chi connectivity index (χ1) is 14.5. The number of nitrogens with one attached hydrogen (secondary N) is 2. The first-order valence-corrected chi connectivity index (χ1v) is 9.82. The minimum Gasteiger partial charge on any atom is -0.382 e. The highest BCUT2D eigenvalue weighted by Crippen LogP contribution is 2.47. The van der Waals surface area contributed by atoms with E-state index in [4.69, 9.17) is 11.1 Å². The van der Waals surface area contributed by atoms with Crippen LogP contribution in [-0.2, 0) is 15.0 Å². The van der Waals surface area contributed by atoms with Gasteiger partial charge in [0.25, 0.3) is 0 Å². The Labute approximate surface area is 173 Å². The zero-order valence-corrected chi connectivity index (χ0v) is 16.2. The van der Waals surface area contributed by atoms with Gasteiger partial charge in [-0.2, -0.15) is 0 Å². The van der Waals surface area contributed by atoms with E-state index < -0.39 is 5.41 Å². The maximum Gasteiger partial charge on any atom is 0.237 e. The van der Waals surface area contributed by atoms with Crippen LogP contribution in [0.1, 0.15) is 36.8 Å². The number of carbonyl (C=O) groups excluding carboxylic acids is 2.